The van der Waals surface area contributed by atoms with Crippen LogP contribution in [0.1, 0.15) is 9.67 Å². The molecule has 2 aromatic rings. The summed E-state index contributed by atoms with van der Waals surface area (Å²) in [7, 11) is 0. The molecule has 3 rings (SSSR count). The number of piperazine rings is 1. The fourth-order valence-electron chi connectivity index (χ4n) is 2.49. The Kier molecular flexibility index (Phi) is 4.75. The van der Waals surface area contributed by atoms with Crippen LogP contribution in [0.15, 0.2) is 38.6 Å². The van der Waals surface area contributed by atoms with Gasteiger partial charge in [0, 0.05) is 30.7 Å². The lowest BCUT2D eigenvalue weighted by Crippen LogP contribution is -2.48. The highest BCUT2D eigenvalue weighted by molar-refractivity contribution is 9.13. The van der Waals surface area contributed by atoms with Crippen LogP contribution in [0.5, 0.6) is 5.75 Å². The molecule has 116 valence electrons. The summed E-state index contributed by atoms with van der Waals surface area (Å²) in [5.74, 6) is 0.349. The van der Waals surface area contributed by atoms with Crippen LogP contribution in [0.4, 0.5) is 5.69 Å². The third-order valence-corrected chi connectivity index (χ3v) is 6.89. The maximum Gasteiger partial charge on any atom is 0.264 e. The van der Waals surface area contributed by atoms with Gasteiger partial charge in [-0.05, 0) is 50.1 Å². The van der Waals surface area contributed by atoms with Gasteiger partial charge in [0.15, 0.2) is 0 Å². The van der Waals surface area contributed by atoms with Crippen molar-refractivity contribution >= 4 is 54.8 Å². The Morgan fingerprint density at radius 3 is 2.41 bits per heavy atom. The minimum atomic E-state index is 0.0633. The lowest BCUT2D eigenvalue weighted by atomic mass is 10.2. The SMILES string of the molecule is O=C(c1cc(Br)c(Br)s1)N1CCN(c2ccccc2O)CC1. The van der Waals surface area contributed by atoms with Crippen LogP contribution < -0.4 is 4.90 Å². The van der Waals surface area contributed by atoms with Crippen molar-refractivity contribution in [3.63, 3.8) is 0 Å². The lowest BCUT2D eigenvalue weighted by Gasteiger charge is -2.36. The number of phenolic OH excluding ortho intramolecular Hbond substituents is 1. The molecule has 0 saturated carbocycles. The average Bonchev–Trinajstić information content (AvgIpc) is 2.87. The zero-order valence-electron chi connectivity index (χ0n) is 11.6. The van der Waals surface area contributed by atoms with Crippen LogP contribution in [0, 0.1) is 0 Å². The van der Waals surface area contributed by atoms with Gasteiger partial charge in [-0.2, -0.15) is 0 Å². The van der Waals surface area contributed by atoms with Crippen molar-refractivity contribution in [1.82, 2.24) is 4.90 Å². The van der Waals surface area contributed by atoms with E-state index in [1.807, 2.05) is 29.2 Å². The number of hydrogen-bond acceptors (Lipinski definition) is 4. The maximum atomic E-state index is 12.5. The number of para-hydroxylation sites is 2. The van der Waals surface area contributed by atoms with E-state index >= 15 is 0 Å². The number of carbonyl (C=O) groups is 1. The Bertz CT molecular complexity index is 677. The molecule has 1 fully saturated rings. The molecule has 0 bridgehead atoms. The van der Waals surface area contributed by atoms with Crippen molar-refractivity contribution in [1.29, 1.82) is 0 Å². The number of anilines is 1. The molecule has 7 heteroatoms. The lowest BCUT2D eigenvalue weighted by molar-refractivity contribution is 0.0751. The monoisotopic (exact) mass is 444 g/mol. The molecule has 0 radical (unpaired) electrons. The highest BCUT2D eigenvalue weighted by Crippen LogP contribution is 2.33. The number of halogens is 2. The van der Waals surface area contributed by atoms with Crippen LogP contribution in [-0.2, 0) is 0 Å². The third kappa shape index (κ3) is 3.16. The van der Waals surface area contributed by atoms with Crippen LogP contribution >= 0.6 is 43.2 Å². The second-order valence-corrected chi connectivity index (χ2v) is 8.22. The Morgan fingerprint density at radius 1 is 1.14 bits per heavy atom. The van der Waals surface area contributed by atoms with Gasteiger partial charge in [0.1, 0.15) is 5.75 Å². The van der Waals surface area contributed by atoms with E-state index in [9.17, 15) is 9.90 Å². The van der Waals surface area contributed by atoms with E-state index in [1.165, 1.54) is 11.3 Å². The molecule has 1 saturated heterocycles. The average molecular weight is 446 g/mol. The van der Waals surface area contributed by atoms with Crippen LogP contribution in [-0.4, -0.2) is 42.1 Å². The number of nitrogens with zero attached hydrogens (tertiary/aromatic N) is 2. The first-order chi connectivity index (χ1) is 10.6. The van der Waals surface area contributed by atoms with Crippen molar-refractivity contribution < 1.29 is 9.90 Å². The van der Waals surface area contributed by atoms with E-state index in [0.717, 1.165) is 31.9 Å². The molecule has 0 aliphatic carbocycles. The number of rotatable bonds is 2. The number of hydrogen-bond donors (Lipinski definition) is 1. The number of benzene rings is 1. The van der Waals surface area contributed by atoms with Crippen LogP contribution in [0.2, 0.25) is 0 Å². The summed E-state index contributed by atoms with van der Waals surface area (Å²) in [6.45, 7) is 2.74. The second kappa shape index (κ2) is 6.60. The van der Waals surface area contributed by atoms with Crippen molar-refractivity contribution in [2.75, 3.05) is 31.1 Å². The third-order valence-electron chi connectivity index (χ3n) is 3.65. The summed E-state index contributed by atoms with van der Waals surface area (Å²) >= 11 is 8.28. The van der Waals surface area contributed by atoms with Gasteiger partial charge >= 0.3 is 0 Å². The standard InChI is InChI=1S/C15H14Br2N2O2S/c16-10-9-13(22-14(10)17)15(21)19-7-5-18(6-8-19)11-3-1-2-4-12(11)20/h1-4,9,20H,5-8H2. The van der Waals surface area contributed by atoms with Gasteiger partial charge < -0.3 is 14.9 Å². The Balaban J connectivity index is 1.67. The minimum Gasteiger partial charge on any atom is -0.506 e. The first-order valence-electron chi connectivity index (χ1n) is 6.83. The van der Waals surface area contributed by atoms with E-state index in [1.54, 1.807) is 6.07 Å². The van der Waals surface area contributed by atoms with Gasteiger partial charge in [0.25, 0.3) is 5.91 Å². The fraction of sp³-hybridized carbons (Fsp3) is 0.267. The molecular formula is C15H14Br2N2O2S. The van der Waals surface area contributed by atoms with Crippen molar-refractivity contribution in [2.45, 2.75) is 0 Å². The van der Waals surface area contributed by atoms with Crippen LogP contribution in [0.3, 0.4) is 0 Å². The van der Waals surface area contributed by atoms with E-state index in [0.29, 0.717) is 13.1 Å². The van der Waals surface area contributed by atoms with E-state index < -0.39 is 0 Å². The van der Waals surface area contributed by atoms with Gasteiger partial charge in [-0.3, -0.25) is 4.79 Å². The smallest absolute Gasteiger partial charge is 0.264 e. The number of amides is 1. The largest absolute Gasteiger partial charge is 0.506 e. The molecule has 1 aromatic heterocycles. The van der Waals surface area contributed by atoms with Crippen molar-refractivity contribution in [3.8, 4) is 5.75 Å². The van der Waals surface area contributed by atoms with Gasteiger partial charge in [-0.1, -0.05) is 12.1 Å². The molecule has 1 amide bonds. The predicted molar refractivity (Wildman–Crippen MR) is 95.9 cm³/mol. The van der Waals surface area contributed by atoms with E-state index in [4.69, 9.17) is 0 Å². The van der Waals surface area contributed by atoms with Crippen molar-refractivity contribution in [2.24, 2.45) is 0 Å². The second-order valence-electron chi connectivity index (χ2n) is 5.00. The summed E-state index contributed by atoms with van der Waals surface area (Å²) in [4.78, 5) is 17.2. The van der Waals surface area contributed by atoms with E-state index in [-0.39, 0.29) is 11.7 Å². The Hall–Kier alpha value is -1.05. The Labute approximate surface area is 149 Å². The normalized spacial score (nSPS) is 15.2. The van der Waals surface area contributed by atoms with E-state index in [2.05, 4.69) is 36.8 Å². The number of thiophene rings is 1. The highest BCUT2D eigenvalue weighted by atomic mass is 79.9. The van der Waals surface area contributed by atoms with Gasteiger partial charge in [-0.25, -0.2) is 0 Å². The quantitative estimate of drug-likeness (QED) is 0.761. The van der Waals surface area contributed by atoms with Gasteiger partial charge in [-0.15, -0.1) is 11.3 Å². The summed E-state index contributed by atoms with van der Waals surface area (Å²) in [6, 6.07) is 9.17. The molecular weight excluding hydrogens is 432 g/mol. The van der Waals surface area contributed by atoms with Gasteiger partial charge in [0.2, 0.25) is 0 Å². The van der Waals surface area contributed by atoms with Gasteiger partial charge in [0.05, 0.1) is 14.4 Å². The fourth-order valence-corrected chi connectivity index (χ4v) is 4.49. The maximum absolute atomic E-state index is 12.5. The summed E-state index contributed by atoms with van der Waals surface area (Å²) in [6.07, 6.45) is 0. The number of carbonyl (C=O) groups excluding carboxylic acids is 1. The van der Waals surface area contributed by atoms with Crippen molar-refractivity contribution in [3.05, 3.63) is 43.5 Å². The summed E-state index contributed by atoms with van der Waals surface area (Å²) < 4.78 is 1.84. The molecule has 1 aliphatic rings. The number of phenols is 1. The zero-order valence-corrected chi connectivity index (χ0v) is 15.6. The molecule has 0 atom stereocenters. The molecule has 2 heterocycles. The minimum absolute atomic E-state index is 0.0633. The molecule has 0 spiro atoms. The highest BCUT2D eigenvalue weighted by Gasteiger charge is 2.24. The molecule has 22 heavy (non-hydrogen) atoms. The molecule has 4 nitrogen and oxygen atoms in total. The summed E-state index contributed by atoms with van der Waals surface area (Å²) in [5, 5.41) is 9.92. The molecule has 1 aromatic carbocycles. The molecule has 0 unspecified atom stereocenters. The molecule has 1 N–H and O–H groups in total. The number of aromatic hydroxyl groups is 1. The Morgan fingerprint density at radius 2 is 1.82 bits per heavy atom. The van der Waals surface area contributed by atoms with Crippen LogP contribution in [0.25, 0.3) is 0 Å². The first kappa shape index (κ1) is 15.8. The predicted octanol–water partition coefficient (Wildman–Crippen LogP) is 3.94. The molecule has 1 aliphatic heterocycles. The zero-order chi connectivity index (χ0) is 15.7. The summed E-state index contributed by atoms with van der Waals surface area (Å²) in [5.41, 5.74) is 0.830. The first-order valence-corrected chi connectivity index (χ1v) is 9.23. The topological polar surface area (TPSA) is 43.8 Å².